The number of ketones is 1. The van der Waals surface area contributed by atoms with Crippen LogP contribution in [-0.4, -0.2) is 29.7 Å². The van der Waals surface area contributed by atoms with Gasteiger partial charge in [0, 0.05) is 5.57 Å². The van der Waals surface area contributed by atoms with Crippen molar-refractivity contribution < 1.29 is 44.3 Å². The van der Waals surface area contributed by atoms with Crippen LogP contribution in [0, 0.1) is 0 Å². The predicted molar refractivity (Wildman–Crippen MR) is 76.5 cm³/mol. The second-order valence-corrected chi connectivity index (χ2v) is 5.73. The van der Waals surface area contributed by atoms with E-state index in [-0.39, 0.29) is 6.42 Å². The summed E-state index contributed by atoms with van der Waals surface area (Å²) in [5.74, 6) is -23.1. The van der Waals surface area contributed by atoms with Gasteiger partial charge in [-0.25, -0.2) is 0 Å². The maximum absolute atomic E-state index is 13.4. The minimum Gasteiger partial charge on any atom is -0.287 e. The number of halogens is 9. The van der Waals surface area contributed by atoms with Crippen molar-refractivity contribution in [2.75, 3.05) is 0 Å². The Kier molecular flexibility index (Phi) is 8.47. The van der Waals surface area contributed by atoms with Crippen LogP contribution < -0.4 is 0 Å². The summed E-state index contributed by atoms with van der Waals surface area (Å²) in [5, 5.41) is 0. The molecule has 0 saturated carbocycles. The molecule has 0 heterocycles. The minimum absolute atomic E-state index is 0.259. The molecule has 0 fully saturated rings. The number of carbonyl (C=O) groups excluding carboxylic acids is 1. The zero-order chi connectivity index (χ0) is 20.8. The van der Waals surface area contributed by atoms with E-state index in [1.807, 2.05) is 12.7 Å². The van der Waals surface area contributed by atoms with Crippen LogP contribution in [0.1, 0.15) is 52.4 Å². The van der Waals surface area contributed by atoms with Crippen molar-refractivity contribution in [1.82, 2.24) is 0 Å². The topological polar surface area (TPSA) is 17.1 Å². The van der Waals surface area contributed by atoms with Crippen molar-refractivity contribution in [3.05, 3.63) is 17.4 Å². The average Bonchev–Trinajstić information content (AvgIpc) is 2.51. The Morgan fingerprint density at radius 1 is 0.846 bits per heavy atom. The van der Waals surface area contributed by atoms with E-state index in [1.165, 1.54) is 0 Å². The van der Waals surface area contributed by atoms with Crippen LogP contribution in [0.2, 0.25) is 0 Å². The summed E-state index contributed by atoms with van der Waals surface area (Å²) in [6.07, 6.45) is -1.38. The van der Waals surface area contributed by atoms with E-state index >= 15 is 0 Å². The van der Waals surface area contributed by atoms with E-state index in [4.69, 9.17) is 0 Å². The number of allylic oxidation sites excluding steroid dienone is 1. The molecule has 0 bridgehead atoms. The van der Waals surface area contributed by atoms with E-state index in [1.54, 1.807) is 0 Å². The van der Waals surface area contributed by atoms with Gasteiger partial charge in [-0.15, -0.1) is 5.73 Å². The van der Waals surface area contributed by atoms with Crippen molar-refractivity contribution >= 4 is 5.78 Å². The summed E-state index contributed by atoms with van der Waals surface area (Å²) in [7, 11) is 0. The lowest BCUT2D eigenvalue weighted by Crippen LogP contribution is -2.63. The number of hydrogen-bond acceptors (Lipinski definition) is 1. The largest absolute Gasteiger partial charge is 0.460 e. The van der Waals surface area contributed by atoms with Gasteiger partial charge in [0.2, 0.25) is 5.78 Å². The third kappa shape index (κ3) is 5.28. The molecule has 0 amide bonds. The lowest BCUT2D eigenvalue weighted by atomic mass is 9.96. The van der Waals surface area contributed by atoms with E-state index < -0.39 is 35.3 Å². The number of Topliss-reactive ketones (excluding diaryl/α,β-unsaturated/α-hetero) is 1. The fourth-order valence-corrected chi connectivity index (χ4v) is 1.89. The molecule has 26 heavy (non-hydrogen) atoms. The molecule has 0 aromatic heterocycles. The molecule has 152 valence electrons. The van der Waals surface area contributed by atoms with Crippen LogP contribution in [0.3, 0.4) is 0 Å². The third-order valence-corrected chi connectivity index (χ3v) is 3.54. The predicted octanol–water partition coefficient (Wildman–Crippen LogP) is 6.49. The van der Waals surface area contributed by atoms with Gasteiger partial charge in [-0.05, 0) is 25.8 Å². The standard InChI is InChI=1S/C16H19F9O/c1-3-4-5-6-7-8-9-10-11(2)12(26)13(17,18)14(19,20)15(21,22)16(23,24)25/h9H,3-8H2,1-2H3. The first-order chi connectivity index (χ1) is 11.6. The molecule has 0 N–H and O–H groups in total. The average molecular weight is 398 g/mol. The molecule has 0 aliphatic rings. The SMILES string of the molecule is CCCCCCCC=C=C(C)C(=O)C(F)(F)C(F)(F)C(F)(F)C(F)(F)F. The molecule has 0 unspecified atom stereocenters. The molecule has 0 radical (unpaired) electrons. The zero-order valence-electron chi connectivity index (χ0n) is 14.1. The first kappa shape index (κ1) is 24.6. The second-order valence-electron chi connectivity index (χ2n) is 5.73. The minimum atomic E-state index is -7.08. The highest BCUT2D eigenvalue weighted by molar-refractivity contribution is 6.00. The van der Waals surface area contributed by atoms with Crippen LogP contribution in [0.4, 0.5) is 39.5 Å². The third-order valence-electron chi connectivity index (χ3n) is 3.54. The van der Waals surface area contributed by atoms with E-state index in [0.29, 0.717) is 13.3 Å². The van der Waals surface area contributed by atoms with Crippen LogP contribution >= 0.6 is 0 Å². The van der Waals surface area contributed by atoms with Crippen LogP contribution in [0.25, 0.3) is 0 Å². The Hall–Kier alpha value is -1.44. The second kappa shape index (κ2) is 8.97. The summed E-state index contributed by atoms with van der Waals surface area (Å²) in [5.41, 5.74) is 0.779. The monoisotopic (exact) mass is 398 g/mol. The van der Waals surface area contributed by atoms with Gasteiger partial charge < -0.3 is 0 Å². The lowest BCUT2D eigenvalue weighted by Gasteiger charge is -2.32. The van der Waals surface area contributed by atoms with Crippen molar-refractivity contribution in [3.63, 3.8) is 0 Å². The summed E-state index contributed by atoms with van der Waals surface area (Å²) < 4.78 is 115. The molecule has 10 heteroatoms. The van der Waals surface area contributed by atoms with Gasteiger partial charge in [0.05, 0.1) is 0 Å². The molecule has 0 spiro atoms. The molecule has 0 aliphatic heterocycles. The highest BCUT2D eigenvalue weighted by Crippen LogP contribution is 2.53. The van der Waals surface area contributed by atoms with Crippen LogP contribution in [0.15, 0.2) is 17.4 Å². The summed E-state index contributed by atoms with van der Waals surface area (Å²) in [4.78, 5) is 11.3. The Morgan fingerprint density at radius 3 is 1.81 bits per heavy atom. The highest BCUT2D eigenvalue weighted by Gasteiger charge is 2.83. The normalized spacial score (nSPS) is 13.3. The van der Waals surface area contributed by atoms with Crippen LogP contribution in [-0.2, 0) is 4.79 Å². The van der Waals surface area contributed by atoms with E-state index in [0.717, 1.165) is 31.8 Å². The van der Waals surface area contributed by atoms with Gasteiger partial charge in [-0.3, -0.25) is 4.79 Å². The van der Waals surface area contributed by atoms with Crippen LogP contribution in [0.5, 0.6) is 0 Å². The van der Waals surface area contributed by atoms with Gasteiger partial charge >= 0.3 is 23.9 Å². The molecule has 1 nitrogen and oxygen atoms in total. The number of unbranched alkanes of at least 4 members (excludes halogenated alkanes) is 5. The molecular formula is C16H19F9O. The number of carbonyl (C=O) groups is 1. The maximum Gasteiger partial charge on any atom is 0.460 e. The Balaban J connectivity index is 5.28. The van der Waals surface area contributed by atoms with Crippen molar-refractivity contribution in [1.29, 1.82) is 0 Å². The van der Waals surface area contributed by atoms with E-state index in [9.17, 15) is 44.3 Å². The first-order valence-electron chi connectivity index (χ1n) is 7.81. The van der Waals surface area contributed by atoms with Crippen molar-refractivity contribution in [3.8, 4) is 0 Å². The quantitative estimate of drug-likeness (QED) is 0.178. The number of rotatable bonds is 10. The Bertz CT molecular complexity index is 540. The summed E-state index contributed by atoms with van der Waals surface area (Å²) >= 11 is 0. The lowest BCUT2D eigenvalue weighted by molar-refractivity contribution is -0.387. The summed E-state index contributed by atoms with van der Waals surface area (Å²) in [6, 6.07) is 0. The Morgan fingerprint density at radius 2 is 1.35 bits per heavy atom. The van der Waals surface area contributed by atoms with Gasteiger partial charge in [-0.1, -0.05) is 32.6 Å². The molecule has 0 saturated heterocycles. The number of alkyl halides is 9. The zero-order valence-corrected chi connectivity index (χ0v) is 14.1. The molecule has 0 aromatic rings. The molecule has 0 rings (SSSR count). The van der Waals surface area contributed by atoms with Crippen molar-refractivity contribution in [2.24, 2.45) is 0 Å². The molecule has 0 atom stereocenters. The molecule has 0 aromatic carbocycles. The Labute approximate surface area is 144 Å². The van der Waals surface area contributed by atoms with Gasteiger partial charge in [-0.2, -0.15) is 39.5 Å². The smallest absolute Gasteiger partial charge is 0.287 e. The summed E-state index contributed by atoms with van der Waals surface area (Å²) in [6.45, 7) is 2.57. The van der Waals surface area contributed by atoms with Gasteiger partial charge in [0.1, 0.15) is 0 Å². The first-order valence-corrected chi connectivity index (χ1v) is 7.81. The van der Waals surface area contributed by atoms with Gasteiger partial charge in [0.25, 0.3) is 0 Å². The molecular weight excluding hydrogens is 379 g/mol. The highest BCUT2D eigenvalue weighted by atomic mass is 19.4. The fraction of sp³-hybridized carbons (Fsp3) is 0.750. The maximum atomic E-state index is 13.4. The van der Waals surface area contributed by atoms with E-state index in [2.05, 4.69) is 0 Å². The van der Waals surface area contributed by atoms with Crippen molar-refractivity contribution in [2.45, 2.75) is 76.3 Å². The number of hydrogen-bond donors (Lipinski definition) is 0. The molecule has 0 aliphatic carbocycles. The fourth-order valence-electron chi connectivity index (χ4n) is 1.89. The van der Waals surface area contributed by atoms with Gasteiger partial charge in [0.15, 0.2) is 0 Å².